The van der Waals surface area contributed by atoms with Crippen molar-refractivity contribution in [3.63, 3.8) is 0 Å². The highest BCUT2D eigenvalue weighted by atomic mass is 35.5. The molecule has 0 spiro atoms. The number of benzene rings is 1. The summed E-state index contributed by atoms with van der Waals surface area (Å²) >= 11 is 0. The van der Waals surface area contributed by atoms with E-state index in [9.17, 15) is 4.79 Å². The van der Waals surface area contributed by atoms with E-state index in [0.717, 1.165) is 37.9 Å². The van der Waals surface area contributed by atoms with Gasteiger partial charge in [-0.25, -0.2) is 0 Å². The minimum Gasteiger partial charge on any atom is -0.342 e. The van der Waals surface area contributed by atoms with Gasteiger partial charge in [0.25, 0.3) is 0 Å². The van der Waals surface area contributed by atoms with Crippen LogP contribution in [0, 0.1) is 13.8 Å². The zero-order valence-electron chi connectivity index (χ0n) is 13.3. The normalized spacial score (nSPS) is 18.5. The maximum atomic E-state index is 12.5. The smallest absolute Gasteiger partial charge is 0.226 e. The lowest BCUT2D eigenvalue weighted by Crippen LogP contribution is -2.38. The standard InChI is InChI=1S/C17H26N2O.ClH/c1-13-6-7-14(2)15(11-13)12-17(20)19(3)16-5-4-9-18-10-8-16;/h6-7,11,16,18H,4-5,8-10,12H2,1-3H3;1H. The molecule has 1 atom stereocenters. The summed E-state index contributed by atoms with van der Waals surface area (Å²) in [5.74, 6) is 0.241. The van der Waals surface area contributed by atoms with Crippen molar-refractivity contribution in [2.24, 2.45) is 0 Å². The molecule has 1 aliphatic heterocycles. The van der Waals surface area contributed by atoms with Crippen LogP contribution in [0.2, 0.25) is 0 Å². The van der Waals surface area contributed by atoms with Crippen LogP contribution in [0.5, 0.6) is 0 Å². The topological polar surface area (TPSA) is 32.3 Å². The molecule has 0 aliphatic carbocycles. The van der Waals surface area contributed by atoms with Crippen LogP contribution in [0.3, 0.4) is 0 Å². The lowest BCUT2D eigenvalue weighted by Gasteiger charge is -2.27. The molecular weight excluding hydrogens is 284 g/mol. The van der Waals surface area contributed by atoms with E-state index in [0.29, 0.717) is 12.5 Å². The molecule has 1 N–H and O–H groups in total. The highest BCUT2D eigenvalue weighted by Gasteiger charge is 2.21. The molecule has 0 radical (unpaired) electrons. The molecule has 1 aliphatic rings. The van der Waals surface area contributed by atoms with Crippen LogP contribution in [0.15, 0.2) is 18.2 Å². The average molecular weight is 311 g/mol. The minimum atomic E-state index is 0. The van der Waals surface area contributed by atoms with Gasteiger partial charge in [-0.2, -0.15) is 0 Å². The Morgan fingerprint density at radius 3 is 2.81 bits per heavy atom. The maximum Gasteiger partial charge on any atom is 0.226 e. The lowest BCUT2D eigenvalue weighted by molar-refractivity contribution is -0.131. The molecule has 1 aromatic rings. The van der Waals surface area contributed by atoms with E-state index in [1.54, 1.807) is 0 Å². The van der Waals surface area contributed by atoms with Crippen molar-refractivity contribution in [3.8, 4) is 0 Å². The van der Waals surface area contributed by atoms with Crippen LogP contribution < -0.4 is 5.32 Å². The van der Waals surface area contributed by atoms with Gasteiger partial charge in [0.05, 0.1) is 6.42 Å². The molecule has 3 nitrogen and oxygen atoms in total. The lowest BCUT2D eigenvalue weighted by atomic mass is 10.0. The number of hydrogen-bond donors (Lipinski definition) is 1. The molecule has 0 aromatic heterocycles. The van der Waals surface area contributed by atoms with Crippen LogP contribution >= 0.6 is 12.4 Å². The number of carbonyl (C=O) groups excluding carboxylic acids is 1. The van der Waals surface area contributed by atoms with Crippen molar-refractivity contribution in [2.75, 3.05) is 20.1 Å². The van der Waals surface area contributed by atoms with Gasteiger partial charge in [-0.05, 0) is 57.3 Å². The van der Waals surface area contributed by atoms with E-state index >= 15 is 0 Å². The van der Waals surface area contributed by atoms with E-state index < -0.39 is 0 Å². The molecule has 1 amide bonds. The summed E-state index contributed by atoms with van der Waals surface area (Å²) in [4.78, 5) is 14.5. The van der Waals surface area contributed by atoms with Crippen molar-refractivity contribution in [1.29, 1.82) is 0 Å². The van der Waals surface area contributed by atoms with Crippen molar-refractivity contribution < 1.29 is 4.79 Å². The van der Waals surface area contributed by atoms with Crippen LogP contribution in [0.1, 0.15) is 36.0 Å². The number of amides is 1. The summed E-state index contributed by atoms with van der Waals surface area (Å²) in [6.45, 7) is 6.26. The second kappa shape index (κ2) is 8.40. The number of rotatable bonds is 3. The van der Waals surface area contributed by atoms with Crippen LogP contribution in [-0.4, -0.2) is 37.0 Å². The summed E-state index contributed by atoms with van der Waals surface area (Å²) in [5.41, 5.74) is 3.59. The predicted octanol–water partition coefficient (Wildman–Crippen LogP) is 2.87. The number of aryl methyl sites for hydroxylation is 2. The number of halogens is 1. The molecule has 1 saturated heterocycles. The molecular formula is C17H27ClN2O. The first kappa shape index (κ1) is 18.0. The zero-order valence-corrected chi connectivity index (χ0v) is 14.1. The number of likely N-dealkylation sites (N-methyl/N-ethyl adjacent to an activating group) is 1. The summed E-state index contributed by atoms with van der Waals surface area (Å²) in [6, 6.07) is 6.73. The molecule has 1 heterocycles. The van der Waals surface area contributed by atoms with Gasteiger partial charge in [0.1, 0.15) is 0 Å². The van der Waals surface area contributed by atoms with Crippen LogP contribution in [0.4, 0.5) is 0 Å². The first-order valence-corrected chi connectivity index (χ1v) is 7.60. The number of hydrogen-bond acceptors (Lipinski definition) is 2. The molecule has 2 rings (SSSR count). The second-order valence-electron chi connectivity index (χ2n) is 5.95. The third-order valence-electron chi connectivity index (χ3n) is 4.33. The number of carbonyl (C=O) groups is 1. The zero-order chi connectivity index (χ0) is 14.5. The van der Waals surface area contributed by atoms with Crippen molar-refractivity contribution >= 4 is 18.3 Å². The van der Waals surface area contributed by atoms with Gasteiger partial charge in [0.2, 0.25) is 5.91 Å². The first-order valence-electron chi connectivity index (χ1n) is 7.60. The van der Waals surface area contributed by atoms with Gasteiger partial charge in [-0.3, -0.25) is 4.79 Å². The Labute approximate surface area is 134 Å². The Kier molecular flexibility index (Phi) is 7.20. The summed E-state index contributed by atoms with van der Waals surface area (Å²) in [5, 5.41) is 3.40. The molecule has 0 bridgehead atoms. The highest BCUT2D eigenvalue weighted by molar-refractivity contribution is 5.85. The van der Waals surface area contributed by atoms with Gasteiger partial charge in [0, 0.05) is 13.1 Å². The van der Waals surface area contributed by atoms with Crippen molar-refractivity contribution in [3.05, 3.63) is 34.9 Å². The Hall–Kier alpha value is -1.06. The Morgan fingerprint density at radius 2 is 2.05 bits per heavy atom. The molecule has 4 heteroatoms. The second-order valence-corrected chi connectivity index (χ2v) is 5.95. The Morgan fingerprint density at radius 1 is 1.29 bits per heavy atom. The molecule has 21 heavy (non-hydrogen) atoms. The van der Waals surface area contributed by atoms with Crippen LogP contribution in [0.25, 0.3) is 0 Å². The maximum absolute atomic E-state index is 12.5. The minimum absolute atomic E-state index is 0. The van der Waals surface area contributed by atoms with Gasteiger partial charge in [-0.15, -0.1) is 12.4 Å². The number of nitrogens with one attached hydrogen (secondary N) is 1. The van der Waals surface area contributed by atoms with Crippen LogP contribution in [-0.2, 0) is 11.2 Å². The third-order valence-corrected chi connectivity index (χ3v) is 4.33. The first-order chi connectivity index (χ1) is 9.58. The van der Waals surface area contributed by atoms with E-state index in [-0.39, 0.29) is 18.3 Å². The van der Waals surface area contributed by atoms with Crippen molar-refractivity contribution in [1.82, 2.24) is 10.2 Å². The molecule has 0 saturated carbocycles. The monoisotopic (exact) mass is 310 g/mol. The van der Waals surface area contributed by atoms with Gasteiger partial charge in [-0.1, -0.05) is 23.8 Å². The summed E-state index contributed by atoms with van der Waals surface area (Å²) in [7, 11) is 1.96. The molecule has 1 fully saturated rings. The Bertz CT molecular complexity index is 468. The SMILES string of the molecule is Cc1ccc(C)c(CC(=O)N(C)C2CCCNCC2)c1.Cl. The molecule has 118 valence electrons. The quantitative estimate of drug-likeness (QED) is 0.931. The summed E-state index contributed by atoms with van der Waals surface area (Å²) < 4.78 is 0. The van der Waals surface area contributed by atoms with E-state index in [4.69, 9.17) is 0 Å². The van der Waals surface area contributed by atoms with Gasteiger partial charge >= 0.3 is 0 Å². The van der Waals surface area contributed by atoms with E-state index in [2.05, 4.69) is 37.4 Å². The largest absolute Gasteiger partial charge is 0.342 e. The van der Waals surface area contributed by atoms with E-state index in [1.807, 2.05) is 11.9 Å². The predicted molar refractivity (Wildman–Crippen MR) is 90.1 cm³/mol. The highest BCUT2D eigenvalue weighted by Crippen LogP contribution is 2.16. The molecule has 1 aromatic carbocycles. The Balaban J connectivity index is 0.00000220. The number of nitrogens with zero attached hydrogens (tertiary/aromatic N) is 1. The summed E-state index contributed by atoms with van der Waals surface area (Å²) in [6.07, 6.45) is 3.86. The fourth-order valence-electron chi connectivity index (χ4n) is 2.87. The fraction of sp³-hybridized carbons (Fsp3) is 0.588. The van der Waals surface area contributed by atoms with Gasteiger partial charge in [0.15, 0.2) is 0 Å². The fourth-order valence-corrected chi connectivity index (χ4v) is 2.87. The average Bonchev–Trinajstić information content (AvgIpc) is 2.71. The third kappa shape index (κ3) is 5.01. The van der Waals surface area contributed by atoms with Crippen molar-refractivity contribution in [2.45, 2.75) is 45.6 Å². The molecule has 1 unspecified atom stereocenters. The van der Waals surface area contributed by atoms with E-state index in [1.165, 1.54) is 11.1 Å². The van der Waals surface area contributed by atoms with Gasteiger partial charge < -0.3 is 10.2 Å².